The third kappa shape index (κ3) is 3.87. The zero-order valence-electron chi connectivity index (χ0n) is 12.2. The standard InChI is InChI=1S/C13H26N2O2S/c1-10(2)12(17-4)13(16)15-8-6-14(7-9-15)11(3)18-5/h10-12H,6-9H2,1-5H3. The van der Waals surface area contributed by atoms with Crippen molar-refractivity contribution in [3.8, 4) is 0 Å². The molecule has 1 heterocycles. The third-order valence-corrected chi connectivity index (χ3v) is 4.56. The van der Waals surface area contributed by atoms with E-state index in [-0.39, 0.29) is 17.9 Å². The van der Waals surface area contributed by atoms with Gasteiger partial charge in [-0.15, -0.1) is 11.8 Å². The van der Waals surface area contributed by atoms with Gasteiger partial charge in [-0.3, -0.25) is 9.69 Å². The minimum atomic E-state index is -0.297. The highest BCUT2D eigenvalue weighted by Crippen LogP contribution is 2.16. The summed E-state index contributed by atoms with van der Waals surface area (Å²) in [6.07, 6.45) is 1.83. The fraction of sp³-hybridized carbons (Fsp3) is 0.923. The van der Waals surface area contributed by atoms with Crippen LogP contribution in [-0.2, 0) is 9.53 Å². The molecule has 2 unspecified atom stereocenters. The Morgan fingerprint density at radius 1 is 1.17 bits per heavy atom. The average molecular weight is 274 g/mol. The van der Waals surface area contributed by atoms with Gasteiger partial charge in [-0.1, -0.05) is 13.8 Å². The Labute approximate surface area is 115 Å². The van der Waals surface area contributed by atoms with Gasteiger partial charge < -0.3 is 9.64 Å². The fourth-order valence-corrected chi connectivity index (χ4v) is 2.80. The number of hydrogen-bond donors (Lipinski definition) is 0. The molecule has 1 saturated heterocycles. The summed E-state index contributed by atoms with van der Waals surface area (Å²) < 4.78 is 5.31. The number of methoxy groups -OCH3 is 1. The van der Waals surface area contributed by atoms with Crippen LogP contribution in [0.3, 0.4) is 0 Å². The van der Waals surface area contributed by atoms with Crippen molar-refractivity contribution in [1.29, 1.82) is 0 Å². The van der Waals surface area contributed by atoms with Crippen LogP contribution in [0.25, 0.3) is 0 Å². The lowest BCUT2D eigenvalue weighted by Gasteiger charge is -2.38. The monoisotopic (exact) mass is 274 g/mol. The molecular weight excluding hydrogens is 248 g/mol. The zero-order chi connectivity index (χ0) is 13.7. The molecule has 18 heavy (non-hydrogen) atoms. The van der Waals surface area contributed by atoms with E-state index in [1.807, 2.05) is 30.5 Å². The second-order valence-corrected chi connectivity index (χ2v) is 6.25. The number of nitrogens with zero attached hydrogens (tertiary/aromatic N) is 2. The maximum atomic E-state index is 12.3. The van der Waals surface area contributed by atoms with Gasteiger partial charge in [-0.25, -0.2) is 0 Å². The summed E-state index contributed by atoms with van der Waals surface area (Å²) in [5.74, 6) is 0.370. The van der Waals surface area contributed by atoms with Gasteiger partial charge in [0.2, 0.25) is 0 Å². The number of amides is 1. The first-order chi connectivity index (χ1) is 8.51. The van der Waals surface area contributed by atoms with E-state index in [4.69, 9.17) is 4.74 Å². The molecular formula is C13H26N2O2S. The molecule has 0 spiro atoms. The first-order valence-corrected chi connectivity index (χ1v) is 7.88. The maximum Gasteiger partial charge on any atom is 0.252 e. The highest BCUT2D eigenvalue weighted by molar-refractivity contribution is 7.99. The van der Waals surface area contributed by atoms with Crippen LogP contribution in [0.15, 0.2) is 0 Å². The van der Waals surface area contributed by atoms with Crippen molar-refractivity contribution in [3.05, 3.63) is 0 Å². The van der Waals surface area contributed by atoms with E-state index in [0.29, 0.717) is 5.37 Å². The Morgan fingerprint density at radius 3 is 2.11 bits per heavy atom. The smallest absolute Gasteiger partial charge is 0.252 e. The lowest BCUT2D eigenvalue weighted by molar-refractivity contribution is -0.146. The summed E-state index contributed by atoms with van der Waals surface area (Å²) >= 11 is 1.85. The summed E-state index contributed by atoms with van der Waals surface area (Å²) in [6.45, 7) is 9.82. The minimum Gasteiger partial charge on any atom is -0.371 e. The predicted octanol–water partition coefficient (Wildman–Crippen LogP) is 1.51. The number of piperazine rings is 1. The Kier molecular flexibility index (Phi) is 6.46. The molecule has 0 aliphatic carbocycles. The van der Waals surface area contributed by atoms with E-state index in [1.54, 1.807) is 7.11 Å². The molecule has 5 heteroatoms. The van der Waals surface area contributed by atoms with Crippen LogP contribution in [0.1, 0.15) is 20.8 Å². The number of hydrogen-bond acceptors (Lipinski definition) is 4. The van der Waals surface area contributed by atoms with Gasteiger partial charge in [0.05, 0.1) is 5.37 Å². The number of carbonyl (C=O) groups excluding carboxylic acids is 1. The van der Waals surface area contributed by atoms with Gasteiger partial charge >= 0.3 is 0 Å². The molecule has 0 aromatic rings. The third-order valence-electron chi connectivity index (χ3n) is 3.58. The summed E-state index contributed by atoms with van der Waals surface area (Å²) in [5, 5.41) is 0.533. The zero-order valence-corrected chi connectivity index (χ0v) is 13.0. The van der Waals surface area contributed by atoms with Crippen LogP contribution in [0, 0.1) is 5.92 Å². The minimum absolute atomic E-state index is 0.143. The Hall–Kier alpha value is -0.260. The molecule has 4 nitrogen and oxygen atoms in total. The molecule has 0 aromatic carbocycles. The van der Waals surface area contributed by atoms with Crippen LogP contribution in [0.5, 0.6) is 0 Å². The highest BCUT2D eigenvalue weighted by atomic mass is 32.2. The topological polar surface area (TPSA) is 32.8 Å². The molecule has 1 fully saturated rings. The first kappa shape index (κ1) is 15.8. The molecule has 0 saturated carbocycles. The van der Waals surface area contributed by atoms with Gasteiger partial charge in [0.1, 0.15) is 6.10 Å². The fourth-order valence-electron chi connectivity index (χ4n) is 2.29. The van der Waals surface area contributed by atoms with E-state index in [0.717, 1.165) is 26.2 Å². The SMILES string of the molecule is COC(C(=O)N1CCN(C(C)SC)CC1)C(C)C. The number of ether oxygens (including phenoxy) is 1. The van der Waals surface area contributed by atoms with Crippen LogP contribution < -0.4 is 0 Å². The summed E-state index contributed by atoms with van der Waals surface area (Å²) in [4.78, 5) is 16.7. The van der Waals surface area contributed by atoms with Gasteiger partial charge in [0, 0.05) is 33.3 Å². The van der Waals surface area contributed by atoms with Crippen molar-refractivity contribution in [2.45, 2.75) is 32.2 Å². The second kappa shape index (κ2) is 7.36. The molecule has 0 bridgehead atoms. The second-order valence-electron chi connectivity index (χ2n) is 5.10. The Morgan fingerprint density at radius 2 is 1.72 bits per heavy atom. The summed E-state index contributed by atoms with van der Waals surface area (Å²) in [7, 11) is 1.62. The van der Waals surface area contributed by atoms with E-state index >= 15 is 0 Å². The molecule has 2 atom stereocenters. The average Bonchev–Trinajstić information content (AvgIpc) is 2.38. The van der Waals surface area contributed by atoms with E-state index in [2.05, 4.69) is 18.1 Å². The summed E-state index contributed by atoms with van der Waals surface area (Å²) in [6, 6.07) is 0. The van der Waals surface area contributed by atoms with Crippen molar-refractivity contribution in [2.75, 3.05) is 39.5 Å². The first-order valence-electron chi connectivity index (χ1n) is 6.59. The van der Waals surface area contributed by atoms with E-state index in [1.165, 1.54) is 0 Å². The highest BCUT2D eigenvalue weighted by Gasteiger charge is 2.30. The van der Waals surface area contributed by atoms with Crippen molar-refractivity contribution >= 4 is 17.7 Å². The number of carbonyl (C=O) groups is 1. The quantitative estimate of drug-likeness (QED) is 0.761. The molecule has 0 N–H and O–H groups in total. The van der Waals surface area contributed by atoms with Gasteiger partial charge in [-0.2, -0.15) is 0 Å². The molecule has 0 radical (unpaired) electrons. The molecule has 1 aliphatic heterocycles. The van der Waals surface area contributed by atoms with Crippen molar-refractivity contribution in [3.63, 3.8) is 0 Å². The Balaban J connectivity index is 2.49. The van der Waals surface area contributed by atoms with Crippen molar-refractivity contribution in [1.82, 2.24) is 9.80 Å². The van der Waals surface area contributed by atoms with E-state index in [9.17, 15) is 4.79 Å². The molecule has 1 rings (SSSR count). The molecule has 0 aromatic heterocycles. The van der Waals surface area contributed by atoms with E-state index < -0.39 is 0 Å². The van der Waals surface area contributed by atoms with Crippen LogP contribution in [0.4, 0.5) is 0 Å². The van der Waals surface area contributed by atoms with Crippen molar-refractivity contribution < 1.29 is 9.53 Å². The van der Waals surface area contributed by atoms with Crippen LogP contribution in [-0.4, -0.2) is 66.7 Å². The largest absolute Gasteiger partial charge is 0.371 e. The van der Waals surface area contributed by atoms with Crippen LogP contribution in [0.2, 0.25) is 0 Å². The van der Waals surface area contributed by atoms with Gasteiger partial charge in [-0.05, 0) is 19.1 Å². The molecule has 106 valence electrons. The molecule has 1 amide bonds. The lowest BCUT2D eigenvalue weighted by Crippen LogP contribution is -2.53. The number of thioether (sulfide) groups is 1. The molecule has 1 aliphatic rings. The lowest BCUT2D eigenvalue weighted by atomic mass is 10.1. The van der Waals surface area contributed by atoms with Gasteiger partial charge in [0.15, 0.2) is 0 Å². The van der Waals surface area contributed by atoms with Gasteiger partial charge in [0.25, 0.3) is 5.91 Å². The van der Waals surface area contributed by atoms with Crippen LogP contribution >= 0.6 is 11.8 Å². The predicted molar refractivity (Wildman–Crippen MR) is 76.8 cm³/mol. The Bertz CT molecular complexity index is 266. The maximum absolute atomic E-state index is 12.3. The van der Waals surface area contributed by atoms with Crippen molar-refractivity contribution in [2.24, 2.45) is 5.92 Å². The summed E-state index contributed by atoms with van der Waals surface area (Å²) in [5.41, 5.74) is 0. The normalized spacial score (nSPS) is 21.1. The number of rotatable bonds is 5.